The third-order valence-electron chi connectivity index (χ3n) is 2.14. The number of aliphatic hydroxyl groups excluding tert-OH is 1. The molecule has 1 aliphatic heterocycles. The van der Waals surface area contributed by atoms with Crippen LogP contribution in [0.1, 0.15) is 17.6 Å². The number of nitrogens with zero attached hydrogens (tertiary/aromatic N) is 2. The van der Waals surface area contributed by atoms with Crippen LogP contribution in [-0.2, 0) is 6.42 Å². The minimum Gasteiger partial charge on any atom is -0.490 e. The van der Waals surface area contributed by atoms with Gasteiger partial charge in [-0.25, -0.2) is 9.97 Å². The fourth-order valence-electron chi connectivity index (χ4n) is 1.42. The molecule has 0 bridgehead atoms. The fourth-order valence-corrected chi connectivity index (χ4v) is 1.42. The monoisotopic (exact) mass is 195 g/mol. The van der Waals surface area contributed by atoms with Gasteiger partial charge in [0.05, 0.1) is 18.5 Å². The van der Waals surface area contributed by atoms with Crippen molar-refractivity contribution in [1.29, 1.82) is 0 Å². The van der Waals surface area contributed by atoms with E-state index in [0.29, 0.717) is 19.0 Å². The molecular weight excluding hydrogens is 182 g/mol. The third-order valence-corrected chi connectivity index (χ3v) is 2.14. The van der Waals surface area contributed by atoms with E-state index in [4.69, 9.17) is 4.74 Å². The molecule has 5 nitrogen and oxygen atoms in total. The molecule has 0 spiro atoms. The number of hydrogen-bond acceptors (Lipinski definition) is 5. The molecule has 0 aromatic carbocycles. The summed E-state index contributed by atoms with van der Waals surface area (Å²) in [7, 11) is 1.78. The van der Waals surface area contributed by atoms with E-state index < -0.39 is 6.10 Å². The van der Waals surface area contributed by atoms with E-state index >= 15 is 0 Å². The summed E-state index contributed by atoms with van der Waals surface area (Å²) >= 11 is 0. The minimum absolute atomic E-state index is 0.458. The number of fused-ring (bicyclic) bond motifs is 1. The number of hydrogen-bond donors (Lipinski definition) is 2. The van der Waals surface area contributed by atoms with Crippen LogP contribution in [0.4, 0.5) is 0 Å². The molecule has 2 rings (SSSR count). The van der Waals surface area contributed by atoms with Crippen molar-refractivity contribution in [1.82, 2.24) is 15.3 Å². The Labute approximate surface area is 82.1 Å². The Balaban J connectivity index is 2.19. The molecule has 14 heavy (non-hydrogen) atoms. The maximum atomic E-state index is 9.62. The average Bonchev–Trinajstić information content (AvgIpc) is 2.64. The maximum absolute atomic E-state index is 9.62. The lowest BCUT2D eigenvalue weighted by molar-refractivity contribution is 0.167. The van der Waals surface area contributed by atoms with Gasteiger partial charge in [-0.05, 0) is 7.05 Å². The quantitative estimate of drug-likeness (QED) is 0.691. The molecule has 0 aliphatic carbocycles. The lowest BCUT2D eigenvalue weighted by atomic mass is 10.3. The first-order valence-corrected chi connectivity index (χ1v) is 4.62. The Morgan fingerprint density at radius 3 is 3.36 bits per heavy atom. The highest BCUT2D eigenvalue weighted by Gasteiger charge is 2.17. The highest BCUT2D eigenvalue weighted by atomic mass is 16.5. The highest BCUT2D eigenvalue weighted by molar-refractivity contribution is 5.28. The van der Waals surface area contributed by atoms with Gasteiger partial charge in [0.15, 0.2) is 11.6 Å². The molecule has 0 fully saturated rings. The Morgan fingerprint density at radius 2 is 2.57 bits per heavy atom. The molecule has 0 amide bonds. The van der Waals surface area contributed by atoms with E-state index in [1.165, 1.54) is 0 Å². The Bertz CT molecular complexity index is 330. The number of likely N-dealkylation sites (N-methyl/N-ethyl adjacent to an activating group) is 1. The smallest absolute Gasteiger partial charge is 0.159 e. The molecule has 1 aromatic rings. The maximum Gasteiger partial charge on any atom is 0.159 e. The van der Waals surface area contributed by atoms with E-state index in [-0.39, 0.29) is 0 Å². The zero-order valence-electron chi connectivity index (χ0n) is 8.03. The van der Waals surface area contributed by atoms with Crippen molar-refractivity contribution in [3.05, 3.63) is 17.7 Å². The first-order valence-electron chi connectivity index (χ1n) is 4.62. The molecule has 0 saturated carbocycles. The Morgan fingerprint density at radius 1 is 1.71 bits per heavy atom. The average molecular weight is 195 g/mol. The van der Waals surface area contributed by atoms with Crippen LogP contribution in [0, 0.1) is 0 Å². The molecule has 5 heteroatoms. The van der Waals surface area contributed by atoms with Gasteiger partial charge in [0.2, 0.25) is 0 Å². The van der Waals surface area contributed by atoms with Crippen LogP contribution in [0.15, 0.2) is 6.20 Å². The predicted molar refractivity (Wildman–Crippen MR) is 50.1 cm³/mol. The van der Waals surface area contributed by atoms with E-state index in [1.807, 2.05) is 0 Å². The summed E-state index contributed by atoms with van der Waals surface area (Å²) in [5.74, 6) is 1.20. The molecule has 0 radical (unpaired) electrons. The van der Waals surface area contributed by atoms with Gasteiger partial charge in [-0.1, -0.05) is 0 Å². The van der Waals surface area contributed by atoms with E-state index in [2.05, 4.69) is 15.3 Å². The highest BCUT2D eigenvalue weighted by Crippen LogP contribution is 2.22. The minimum atomic E-state index is -0.647. The Hall–Kier alpha value is -1.20. The molecule has 0 saturated heterocycles. The summed E-state index contributed by atoms with van der Waals surface area (Å²) in [6.07, 6.45) is 1.78. The van der Waals surface area contributed by atoms with Crippen LogP contribution in [-0.4, -0.2) is 35.3 Å². The second-order valence-corrected chi connectivity index (χ2v) is 3.21. The molecular formula is C9H13N3O2. The van der Waals surface area contributed by atoms with E-state index in [9.17, 15) is 5.11 Å². The largest absolute Gasteiger partial charge is 0.490 e. The lowest BCUT2D eigenvalue weighted by Gasteiger charge is -2.08. The summed E-state index contributed by atoms with van der Waals surface area (Å²) < 4.78 is 5.27. The van der Waals surface area contributed by atoms with Crippen molar-refractivity contribution in [2.75, 3.05) is 20.2 Å². The summed E-state index contributed by atoms with van der Waals surface area (Å²) in [6.45, 7) is 1.12. The number of ether oxygens (including phenoxy) is 1. The fraction of sp³-hybridized carbons (Fsp3) is 0.556. The van der Waals surface area contributed by atoms with Crippen LogP contribution < -0.4 is 10.1 Å². The number of aromatic nitrogens is 2. The van der Waals surface area contributed by atoms with Crippen LogP contribution >= 0.6 is 0 Å². The number of rotatable bonds is 3. The van der Waals surface area contributed by atoms with Gasteiger partial charge in [-0.3, -0.25) is 0 Å². The lowest BCUT2D eigenvalue weighted by Crippen LogP contribution is -2.19. The Kier molecular flexibility index (Phi) is 2.60. The second kappa shape index (κ2) is 3.89. The van der Waals surface area contributed by atoms with Crippen molar-refractivity contribution < 1.29 is 9.84 Å². The van der Waals surface area contributed by atoms with Gasteiger partial charge < -0.3 is 15.2 Å². The molecule has 2 N–H and O–H groups in total. The van der Waals surface area contributed by atoms with Crippen molar-refractivity contribution >= 4 is 0 Å². The van der Waals surface area contributed by atoms with E-state index in [1.54, 1.807) is 13.2 Å². The molecule has 76 valence electrons. The summed E-state index contributed by atoms with van der Waals surface area (Å²) in [4.78, 5) is 8.29. The van der Waals surface area contributed by atoms with Crippen LogP contribution in [0.5, 0.6) is 5.75 Å². The molecule has 1 aromatic heterocycles. The second-order valence-electron chi connectivity index (χ2n) is 3.21. The van der Waals surface area contributed by atoms with Crippen LogP contribution in [0.3, 0.4) is 0 Å². The van der Waals surface area contributed by atoms with Gasteiger partial charge in [0.25, 0.3) is 0 Å². The van der Waals surface area contributed by atoms with Crippen molar-refractivity contribution in [3.8, 4) is 5.75 Å². The number of aliphatic hydroxyl groups is 1. The molecule has 1 unspecified atom stereocenters. The zero-order chi connectivity index (χ0) is 9.97. The number of nitrogens with one attached hydrogen (secondary N) is 1. The topological polar surface area (TPSA) is 67.3 Å². The standard InChI is InChI=1S/C9H13N3O2/c1-10-4-7(13)9-11-5-8-6(12-9)2-3-14-8/h5,7,10,13H,2-4H2,1H3. The SMILES string of the molecule is CNCC(O)c1ncc2c(n1)CCO2. The summed E-state index contributed by atoms with van der Waals surface area (Å²) in [5.41, 5.74) is 0.894. The van der Waals surface area contributed by atoms with E-state index in [0.717, 1.165) is 17.9 Å². The van der Waals surface area contributed by atoms with Crippen LogP contribution in [0.25, 0.3) is 0 Å². The summed E-state index contributed by atoms with van der Waals surface area (Å²) in [6, 6.07) is 0. The van der Waals surface area contributed by atoms with Crippen LogP contribution in [0.2, 0.25) is 0 Å². The molecule has 1 aliphatic rings. The predicted octanol–water partition coefficient (Wildman–Crippen LogP) is -0.336. The third kappa shape index (κ3) is 1.69. The van der Waals surface area contributed by atoms with Gasteiger partial charge in [0.1, 0.15) is 6.10 Å². The van der Waals surface area contributed by atoms with Gasteiger partial charge in [0, 0.05) is 13.0 Å². The van der Waals surface area contributed by atoms with Crippen molar-refractivity contribution in [2.24, 2.45) is 0 Å². The van der Waals surface area contributed by atoms with Crippen molar-refractivity contribution in [3.63, 3.8) is 0 Å². The van der Waals surface area contributed by atoms with Gasteiger partial charge >= 0.3 is 0 Å². The zero-order valence-corrected chi connectivity index (χ0v) is 8.03. The first kappa shape index (κ1) is 9.36. The summed E-state index contributed by atoms with van der Waals surface area (Å²) in [5, 5.41) is 12.5. The first-order chi connectivity index (χ1) is 6.81. The van der Waals surface area contributed by atoms with Gasteiger partial charge in [-0.2, -0.15) is 0 Å². The molecule has 2 heterocycles. The normalized spacial score (nSPS) is 16.1. The van der Waals surface area contributed by atoms with Crippen molar-refractivity contribution in [2.45, 2.75) is 12.5 Å². The molecule has 1 atom stereocenters. The van der Waals surface area contributed by atoms with Gasteiger partial charge in [-0.15, -0.1) is 0 Å².